The number of methoxy groups -OCH3 is 2. The van der Waals surface area contributed by atoms with Crippen LogP contribution in [0, 0.1) is 0 Å². The molecule has 0 atom stereocenters. The van der Waals surface area contributed by atoms with Crippen LogP contribution in [0.2, 0.25) is 0 Å². The molecule has 2 aromatic carbocycles. The van der Waals surface area contributed by atoms with Crippen LogP contribution in [0.15, 0.2) is 47.6 Å². The Morgan fingerprint density at radius 2 is 1.86 bits per heavy atom. The molecule has 0 bridgehead atoms. The minimum absolute atomic E-state index is 0.369. The van der Waals surface area contributed by atoms with E-state index in [0.29, 0.717) is 35.1 Å². The van der Waals surface area contributed by atoms with Crippen LogP contribution in [0.25, 0.3) is 0 Å². The zero-order valence-electron chi connectivity index (χ0n) is 16.7. The highest BCUT2D eigenvalue weighted by molar-refractivity contribution is 6.03. The lowest BCUT2D eigenvalue weighted by Gasteiger charge is -2.12. The zero-order valence-corrected chi connectivity index (χ0v) is 16.7. The SMILES string of the molecule is CCCOc1c(C=NNC(=O)CC(=O)Nc2cccc(OC)c2)cccc1OC. The number of amides is 2. The van der Waals surface area contributed by atoms with E-state index in [-0.39, 0.29) is 6.42 Å². The van der Waals surface area contributed by atoms with Crippen molar-refractivity contribution in [1.82, 2.24) is 5.43 Å². The molecule has 154 valence electrons. The van der Waals surface area contributed by atoms with Crippen molar-refractivity contribution < 1.29 is 23.8 Å². The van der Waals surface area contributed by atoms with Crippen molar-refractivity contribution in [2.24, 2.45) is 5.10 Å². The molecule has 0 spiro atoms. The first-order valence-corrected chi connectivity index (χ1v) is 9.13. The fraction of sp³-hybridized carbons (Fsp3) is 0.286. The lowest BCUT2D eigenvalue weighted by atomic mass is 10.2. The molecule has 0 radical (unpaired) electrons. The lowest BCUT2D eigenvalue weighted by Crippen LogP contribution is -2.24. The summed E-state index contributed by atoms with van der Waals surface area (Å²) in [6.45, 7) is 2.53. The van der Waals surface area contributed by atoms with Crippen LogP contribution in [0.5, 0.6) is 17.2 Å². The maximum Gasteiger partial charge on any atom is 0.249 e. The predicted octanol–water partition coefficient (Wildman–Crippen LogP) is 2.97. The maximum absolute atomic E-state index is 12.0. The predicted molar refractivity (Wildman–Crippen MR) is 111 cm³/mol. The number of carbonyl (C=O) groups is 2. The van der Waals surface area contributed by atoms with Gasteiger partial charge in [0.1, 0.15) is 12.2 Å². The van der Waals surface area contributed by atoms with Crippen LogP contribution in [-0.4, -0.2) is 38.9 Å². The summed E-state index contributed by atoms with van der Waals surface area (Å²) in [4.78, 5) is 24.0. The Bertz CT molecular complexity index is 867. The summed E-state index contributed by atoms with van der Waals surface area (Å²) >= 11 is 0. The number of hydrazone groups is 1. The molecule has 0 unspecified atom stereocenters. The van der Waals surface area contributed by atoms with Crippen LogP contribution in [-0.2, 0) is 9.59 Å². The van der Waals surface area contributed by atoms with E-state index < -0.39 is 11.8 Å². The number of carbonyl (C=O) groups excluding carboxylic acids is 2. The average molecular weight is 399 g/mol. The number of hydrogen-bond acceptors (Lipinski definition) is 6. The van der Waals surface area contributed by atoms with Gasteiger partial charge < -0.3 is 19.5 Å². The zero-order chi connectivity index (χ0) is 21.1. The monoisotopic (exact) mass is 399 g/mol. The Morgan fingerprint density at radius 3 is 2.59 bits per heavy atom. The van der Waals surface area contributed by atoms with Crippen molar-refractivity contribution in [3.05, 3.63) is 48.0 Å². The third kappa shape index (κ3) is 6.84. The highest BCUT2D eigenvalue weighted by Gasteiger charge is 2.11. The highest BCUT2D eigenvalue weighted by Crippen LogP contribution is 2.30. The number of benzene rings is 2. The number of anilines is 1. The molecule has 0 aliphatic carbocycles. The van der Waals surface area contributed by atoms with Gasteiger partial charge in [-0.05, 0) is 30.7 Å². The van der Waals surface area contributed by atoms with Gasteiger partial charge in [0.25, 0.3) is 0 Å². The van der Waals surface area contributed by atoms with Gasteiger partial charge in [-0.3, -0.25) is 9.59 Å². The number of nitrogens with one attached hydrogen (secondary N) is 2. The molecule has 0 saturated carbocycles. The fourth-order valence-electron chi connectivity index (χ4n) is 2.42. The number of ether oxygens (including phenoxy) is 3. The summed E-state index contributed by atoms with van der Waals surface area (Å²) in [7, 11) is 3.09. The van der Waals surface area contributed by atoms with Gasteiger partial charge in [0, 0.05) is 17.3 Å². The third-order valence-corrected chi connectivity index (χ3v) is 3.75. The van der Waals surface area contributed by atoms with Gasteiger partial charge in [-0.1, -0.05) is 19.1 Å². The molecule has 2 aromatic rings. The molecule has 0 aliphatic heterocycles. The van der Waals surface area contributed by atoms with Crippen molar-refractivity contribution in [3.63, 3.8) is 0 Å². The van der Waals surface area contributed by atoms with E-state index in [4.69, 9.17) is 14.2 Å². The van der Waals surface area contributed by atoms with Gasteiger partial charge in [-0.25, -0.2) is 5.43 Å². The number of para-hydroxylation sites is 1. The first kappa shape index (κ1) is 21.7. The summed E-state index contributed by atoms with van der Waals surface area (Å²) in [6, 6.07) is 12.2. The second-order valence-electron chi connectivity index (χ2n) is 5.98. The topological polar surface area (TPSA) is 98.2 Å². The van der Waals surface area contributed by atoms with Crippen molar-refractivity contribution in [2.75, 3.05) is 26.1 Å². The molecular formula is C21H25N3O5. The number of hydrogen-bond donors (Lipinski definition) is 2. The van der Waals surface area contributed by atoms with Crippen LogP contribution >= 0.6 is 0 Å². The normalized spacial score (nSPS) is 10.4. The molecule has 0 saturated heterocycles. The van der Waals surface area contributed by atoms with E-state index in [1.54, 1.807) is 49.6 Å². The maximum atomic E-state index is 12.0. The molecule has 0 heterocycles. The van der Waals surface area contributed by atoms with E-state index >= 15 is 0 Å². The molecule has 29 heavy (non-hydrogen) atoms. The summed E-state index contributed by atoms with van der Waals surface area (Å²) in [5, 5.41) is 6.55. The minimum Gasteiger partial charge on any atom is -0.497 e. The molecule has 2 amide bonds. The third-order valence-electron chi connectivity index (χ3n) is 3.75. The molecular weight excluding hydrogens is 374 g/mol. The first-order valence-electron chi connectivity index (χ1n) is 9.13. The fourth-order valence-corrected chi connectivity index (χ4v) is 2.42. The number of nitrogens with zero attached hydrogens (tertiary/aromatic N) is 1. The van der Waals surface area contributed by atoms with E-state index in [2.05, 4.69) is 15.8 Å². The van der Waals surface area contributed by atoms with Crippen LogP contribution in [0.3, 0.4) is 0 Å². The second-order valence-corrected chi connectivity index (χ2v) is 5.98. The summed E-state index contributed by atoms with van der Waals surface area (Å²) in [6.07, 6.45) is 1.92. The molecule has 0 aromatic heterocycles. The van der Waals surface area contributed by atoms with E-state index in [1.807, 2.05) is 6.92 Å². The van der Waals surface area contributed by atoms with Crippen LogP contribution in [0.1, 0.15) is 25.3 Å². The highest BCUT2D eigenvalue weighted by atomic mass is 16.5. The van der Waals surface area contributed by atoms with Gasteiger partial charge in [0.05, 0.1) is 27.0 Å². The van der Waals surface area contributed by atoms with Crippen molar-refractivity contribution in [3.8, 4) is 17.2 Å². The molecule has 2 rings (SSSR count). The Labute approximate surface area is 169 Å². The molecule has 8 heteroatoms. The van der Waals surface area contributed by atoms with Gasteiger partial charge in [-0.15, -0.1) is 0 Å². The molecule has 0 fully saturated rings. The quantitative estimate of drug-likeness (QED) is 0.364. The smallest absolute Gasteiger partial charge is 0.249 e. The standard InChI is InChI=1S/C21H25N3O5/c1-4-11-29-21-15(7-5-10-18(21)28-3)14-22-24-20(26)13-19(25)23-16-8-6-9-17(12-16)27-2/h5-10,12,14H,4,11,13H2,1-3H3,(H,23,25)(H,24,26). The lowest BCUT2D eigenvalue weighted by molar-refractivity contribution is -0.126. The second kappa shape index (κ2) is 11.3. The minimum atomic E-state index is -0.541. The van der Waals surface area contributed by atoms with Gasteiger partial charge in [0.15, 0.2) is 11.5 Å². The first-order chi connectivity index (χ1) is 14.1. The van der Waals surface area contributed by atoms with E-state index in [1.165, 1.54) is 13.3 Å². The summed E-state index contributed by atoms with van der Waals surface area (Å²) < 4.78 is 16.1. The van der Waals surface area contributed by atoms with Crippen molar-refractivity contribution >= 4 is 23.7 Å². The Balaban J connectivity index is 1.93. The van der Waals surface area contributed by atoms with Gasteiger partial charge in [-0.2, -0.15) is 5.10 Å². The van der Waals surface area contributed by atoms with Gasteiger partial charge in [0.2, 0.25) is 11.8 Å². The van der Waals surface area contributed by atoms with Crippen LogP contribution in [0.4, 0.5) is 5.69 Å². The summed E-state index contributed by atoms with van der Waals surface area (Å²) in [5.41, 5.74) is 3.53. The largest absolute Gasteiger partial charge is 0.497 e. The Hall–Kier alpha value is -3.55. The van der Waals surface area contributed by atoms with Crippen molar-refractivity contribution in [2.45, 2.75) is 19.8 Å². The van der Waals surface area contributed by atoms with Crippen molar-refractivity contribution in [1.29, 1.82) is 0 Å². The van der Waals surface area contributed by atoms with E-state index in [9.17, 15) is 9.59 Å². The summed E-state index contributed by atoms with van der Waals surface area (Å²) in [5.74, 6) is 0.730. The van der Waals surface area contributed by atoms with Crippen LogP contribution < -0.4 is 25.0 Å². The number of rotatable bonds is 10. The Kier molecular flexibility index (Phi) is 8.50. The molecule has 2 N–H and O–H groups in total. The Morgan fingerprint density at radius 1 is 1.07 bits per heavy atom. The van der Waals surface area contributed by atoms with E-state index in [0.717, 1.165) is 6.42 Å². The van der Waals surface area contributed by atoms with Gasteiger partial charge >= 0.3 is 0 Å². The molecule has 8 nitrogen and oxygen atoms in total. The molecule has 0 aliphatic rings. The average Bonchev–Trinajstić information content (AvgIpc) is 2.72.